The number of benzene rings is 1. The van der Waals surface area contributed by atoms with Gasteiger partial charge in [-0.2, -0.15) is 5.26 Å². The minimum atomic E-state index is -0.362. The van der Waals surface area contributed by atoms with Crippen molar-refractivity contribution in [2.45, 2.75) is 6.92 Å². The van der Waals surface area contributed by atoms with Crippen molar-refractivity contribution in [1.29, 1.82) is 5.26 Å². The lowest BCUT2D eigenvalue weighted by Gasteiger charge is -2.09. The van der Waals surface area contributed by atoms with E-state index in [1.165, 1.54) is 12.1 Å². The standard InChI is InChI=1S/C14H11ClN4O/c1-8-2-3-9(7-16)4-11(8)18-14(20)10-5-12(15)19-13(17)6-10/h2-6H,1H3,(H2,17,19)(H,18,20). The first-order valence-corrected chi connectivity index (χ1v) is 6.12. The second kappa shape index (κ2) is 5.59. The van der Waals surface area contributed by atoms with Crippen molar-refractivity contribution >= 4 is 29.0 Å². The molecule has 2 rings (SSSR count). The molecule has 0 radical (unpaired) electrons. The largest absolute Gasteiger partial charge is 0.384 e. The Labute approximate surface area is 121 Å². The number of carbonyl (C=O) groups excluding carboxylic acids is 1. The van der Waals surface area contributed by atoms with Crippen molar-refractivity contribution < 1.29 is 4.79 Å². The quantitative estimate of drug-likeness (QED) is 0.830. The molecule has 5 nitrogen and oxygen atoms in total. The van der Waals surface area contributed by atoms with E-state index < -0.39 is 0 Å². The Bertz CT molecular complexity index is 701. The summed E-state index contributed by atoms with van der Waals surface area (Å²) in [7, 11) is 0. The van der Waals surface area contributed by atoms with Gasteiger partial charge in [-0.25, -0.2) is 4.98 Å². The number of nitrogen functional groups attached to an aromatic ring is 1. The molecule has 0 aliphatic rings. The van der Waals surface area contributed by atoms with Gasteiger partial charge in [0.15, 0.2) is 0 Å². The van der Waals surface area contributed by atoms with Gasteiger partial charge in [0.2, 0.25) is 0 Å². The van der Waals surface area contributed by atoms with Crippen LogP contribution in [0, 0.1) is 18.3 Å². The third-order valence-corrected chi connectivity index (χ3v) is 2.88. The monoisotopic (exact) mass is 286 g/mol. The molecule has 0 aliphatic heterocycles. The molecule has 0 saturated heterocycles. The number of anilines is 2. The van der Waals surface area contributed by atoms with E-state index in [0.29, 0.717) is 16.8 Å². The first-order valence-electron chi connectivity index (χ1n) is 5.75. The zero-order valence-electron chi connectivity index (χ0n) is 10.6. The molecule has 1 heterocycles. The van der Waals surface area contributed by atoms with Crippen molar-refractivity contribution in [3.8, 4) is 6.07 Å². The molecule has 0 spiro atoms. The summed E-state index contributed by atoms with van der Waals surface area (Å²) in [5, 5.41) is 11.7. The number of amides is 1. The number of nitrogens with two attached hydrogens (primary N) is 1. The van der Waals surface area contributed by atoms with E-state index in [1.807, 2.05) is 13.0 Å². The Morgan fingerprint density at radius 1 is 1.40 bits per heavy atom. The lowest BCUT2D eigenvalue weighted by molar-refractivity contribution is 0.102. The van der Waals surface area contributed by atoms with Gasteiger partial charge in [0.25, 0.3) is 5.91 Å². The Morgan fingerprint density at radius 3 is 2.80 bits per heavy atom. The molecule has 100 valence electrons. The SMILES string of the molecule is Cc1ccc(C#N)cc1NC(=O)c1cc(N)nc(Cl)c1. The number of halogens is 1. The van der Waals surface area contributed by atoms with Crippen LogP contribution in [0.15, 0.2) is 30.3 Å². The summed E-state index contributed by atoms with van der Waals surface area (Å²) in [6, 6.07) is 9.95. The molecule has 1 amide bonds. The highest BCUT2D eigenvalue weighted by Gasteiger charge is 2.10. The summed E-state index contributed by atoms with van der Waals surface area (Å²) in [4.78, 5) is 15.9. The van der Waals surface area contributed by atoms with E-state index in [1.54, 1.807) is 18.2 Å². The van der Waals surface area contributed by atoms with Crippen LogP contribution in [0.3, 0.4) is 0 Å². The summed E-state index contributed by atoms with van der Waals surface area (Å²) in [6.45, 7) is 1.84. The summed E-state index contributed by atoms with van der Waals surface area (Å²) in [5.74, 6) is -0.190. The molecule has 6 heteroatoms. The van der Waals surface area contributed by atoms with Gasteiger partial charge in [-0.15, -0.1) is 0 Å². The van der Waals surface area contributed by atoms with E-state index in [2.05, 4.69) is 10.3 Å². The molecule has 0 atom stereocenters. The molecule has 0 fully saturated rings. The van der Waals surface area contributed by atoms with Crippen LogP contribution in [0.2, 0.25) is 5.15 Å². The fourth-order valence-electron chi connectivity index (χ4n) is 1.67. The number of rotatable bonds is 2. The maximum absolute atomic E-state index is 12.1. The van der Waals surface area contributed by atoms with Crippen LogP contribution in [-0.2, 0) is 0 Å². The summed E-state index contributed by atoms with van der Waals surface area (Å²) in [5.41, 5.74) is 7.75. The number of nitrogens with one attached hydrogen (secondary N) is 1. The van der Waals surface area contributed by atoms with Crippen LogP contribution in [0.4, 0.5) is 11.5 Å². The Morgan fingerprint density at radius 2 is 2.15 bits per heavy atom. The third kappa shape index (κ3) is 3.05. The smallest absolute Gasteiger partial charge is 0.255 e. The number of pyridine rings is 1. The predicted octanol–water partition coefficient (Wildman–Crippen LogP) is 2.75. The predicted molar refractivity (Wildman–Crippen MR) is 77.5 cm³/mol. The van der Waals surface area contributed by atoms with Crippen LogP contribution in [0.5, 0.6) is 0 Å². The zero-order chi connectivity index (χ0) is 14.7. The molecule has 0 bridgehead atoms. The van der Waals surface area contributed by atoms with E-state index in [-0.39, 0.29) is 16.9 Å². The Hall–Kier alpha value is -2.58. The summed E-state index contributed by atoms with van der Waals surface area (Å²) in [6.07, 6.45) is 0. The molecule has 3 N–H and O–H groups in total. The van der Waals surface area contributed by atoms with Crippen molar-refractivity contribution in [2.24, 2.45) is 0 Å². The van der Waals surface area contributed by atoms with E-state index in [4.69, 9.17) is 22.6 Å². The van der Waals surface area contributed by atoms with Crippen LogP contribution in [0.1, 0.15) is 21.5 Å². The van der Waals surface area contributed by atoms with Crippen LogP contribution in [0.25, 0.3) is 0 Å². The molecule has 2 aromatic rings. The van der Waals surface area contributed by atoms with E-state index >= 15 is 0 Å². The van der Waals surface area contributed by atoms with Crippen molar-refractivity contribution in [1.82, 2.24) is 4.98 Å². The average molecular weight is 287 g/mol. The van der Waals surface area contributed by atoms with Crippen LogP contribution in [-0.4, -0.2) is 10.9 Å². The van der Waals surface area contributed by atoms with E-state index in [0.717, 1.165) is 5.56 Å². The van der Waals surface area contributed by atoms with Gasteiger partial charge in [-0.3, -0.25) is 4.79 Å². The minimum Gasteiger partial charge on any atom is -0.384 e. The lowest BCUT2D eigenvalue weighted by Crippen LogP contribution is -2.13. The highest BCUT2D eigenvalue weighted by molar-refractivity contribution is 6.30. The third-order valence-electron chi connectivity index (χ3n) is 2.69. The molecular formula is C14H11ClN4O. The molecule has 1 aromatic carbocycles. The number of aryl methyl sites for hydroxylation is 1. The fraction of sp³-hybridized carbons (Fsp3) is 0.0714. The summed E-state index contributed by atoms with van der Waals surface area (Å²) < 4.78 is 0. The van der Waals surface area contributed by atoms with Crippen molar-refractivity contribution in [3.05, 3.63) is 52.2 Å². The van der Waals surface area contributed by atoms with Gasteiger partial charge in [-0.05, 0) is 36.8 Å². The number of hydrogen-bond donors (Lipinski definition) is 2. The molecule has 0 aliphatic carbocycles. The molecule has 0 saturated carbocycles. The number of carbonyl (C=O) groups is 1. The molecular weight excluding hydrogens is 276 g/mol. The van der Waals surface area contributed by atoms with Gasteiger partial charge in [0.1, 0.15) is 11.0 Å². The van der Waals surface area contributed by atoms with Gasteiger partial charge < -0.3 is 11.1 Å². The number of aromatic nitrogens is 1. The highest BCUT2D eigenvalue weighted by Crippen LogP contribution is 2.19. The number of nitrogens with zero attached hydrogens (tertiary/aromatic N) is 2. The van der Waals surface area contributed by atoms with Gasteiger partial charge in [0, 0.05) is 11.3 Å². The molecule has 20 heavy (non-hydrogen) atoms. The fourth-order valence-corrected chi connectivity index (χ4v) is 1.88. The maximum atomic E-state index is 12.1. The van der Waals surface area contributed by atoms with Crippen LogP contribution < -0.4 is 11.1 Å². The van der Waals surface area contributed by atoms with Crippen molar-refractivity contribution in [3.63, 3.8) is 0 Å². The average Bonchev–Trinajstić information content (AvgIpc) is 2.40. The first kappa shape index (κ1) is 13.8. The summed E-state index contributed by atoms with van der Waals surface area (Å²) >= 11 is 5.76. The normalized spacial score (nSPS) is 9.85. The second-order valence-corrected chi connectivity index (χ2v) is 4.59. The first-order chi connectivity index (χ1) is 9.49. The highest BCUT2D eigenvalue weighted by atomic mass is 35.5. The van der Waals surface area contributed by atoms with Gasteiger partial charge in [-0.1, -0.05) is 17.7 Å². The van der Waals surface area contributed by atoms with Gasteiger partial charge in [0.05, 0.1) is 11.6 Å². The van der Waals surface area contributed by atoms with Crippen molar-refractivity contribution in [2.75, 3.05) is 11.1 Å². The Balaban J connectivity index is 2.30. The van der Waals surface area contributed by atoms with E-state index in [9.17, 15) is 4.79 Å². The molecule has 1 aromatic heterocycles. The minimum absolute atomic E-state index is 0.151. The van der Waals surface area contributed by atoms with Crippen LogP contribution >= 0.6 is 11.6 Å². The number of nitriles is 1. The second-order valence-electron chi connectivity index (χ2n) is 4.20. The van der Waals surface area contributed by atoms with Gasteiger partial charge >= 0.3 is 0 Å². The molecule has 0 unspecified atom stereocenters. The number of hydrogen-bond acceptors (Lipinski definition) is 4. The zero-order valence-corrected chi connectivity index (χ0v) is 11.4. The topological polar surface area (TPSA) is 91.8 Å². The Kier molecular flexibility index (Phi) is 3.87. The maximum Gasteiger partial charge on any atom is 0.255 e. The lowest BCUT2D eigenvalue weighted by atomic mass is 10.1.